The average molecular weight is 448 g/mol. The Kier molecular flexibility index (Phi) is 4.84. The summed E-state index contributed by atoms with van der Waals surface area (Å²) in [5.41, 5.74) is 1.22. The Morgan fingerprint density at radius 3 is 2.41 bits per heavy atom. The SMILES string of the molecule is O=C1C(C(c2ccco2)N2CCN(c3ccccc3)CC2)Sc2nc(-c3ccco3)nn21. The molecule has 0 aliphatic carbocycles. The van der Waals surface area contributed by atoms with Crippen LogP contribution in [0.3, 0.4) is 0 Å². The number of hydrogen-bond acceptors (Lipinski definition) is 8. The Hall–Kier alpha value is -3.30. The van der Waals surface area contributed by atoms with Crippen LogP contribution in [0, 0.1) is 0 Å². The summed E-state index contributed by atoms with van der Waals surface area (Å²) in [7, 11) is 0. The van der Waals surface area contributed by atoms with Gasteiger partial charge < -0.3 is 13.7 Å². The molecule has 8 nitrogen and oxygen atoms in total. The second-order valence-electron chi connectivity index (χ2n) is 7.80. The summed E-state index contributed by atoms with van der Waals surface area (Å²) in [5.74, 6) is 1.69. The molecule has 4 aromatic rings. The van der Waals surface area contributed by atoms with Crippen molar-refractivity contribution in [3.63, 3.8) is 0 Å². The van der Waals surface area contributed by atoms with Gasteiger partial charge in [-0.05, 0) is 36.4 Å². The lowest BCUT2D eigenvalue weighted by Gasteiger charge is -2.40. The van der Waals surface area contributed by atoms with Crippen LogP contribution in [0.2, 0.25) is 0 Å². The van der Waals surface area contributed by atoms with Crippen molar-refractivity contribution in [2.24, 2.45) is 0 Å². The number of piperazine rings is 1. The molecule has 1 aromatic carbocycles. The van der Waals surface area contributed by atoms with Gasteiger partial charge in [-0.3, -0.25) is 9.69 Å². The summed E-state index contributed by atoms with van der Waals surface area (Å²) < 4.78 is 12.6. The van der Waals surface area contributed by atoms with Crippen molar-refractivity contribution in [3.05, 3.63) is 72.9 Å². The maximum atomic E-state index is 13.4. The number of hydrogen-bond donors (Lipinski definition) is 0. The van der Waals surface area contributed by atoms with Crippen LogP contribution in [-0.2, 0) is 0 Å². The van der Waals surface area contributed by atoms with Gasteiger partial charge in [0, 0.05) is 31.9 Å². The first-order valence-corrected chi connectivity index (χ1v) is 11.5. The number of thioether (sulfide) groups is 1. The van der Waals surface area contributed by atoms with Crippen molar-refractivity contribution >= 4 is 23.4 Å². The molecule has 1 saturated heterocycles. The van der Waals surface area contributed by atoms with Crippen LogP contribution in [0.25, 0.3) is 11.6 Å². The molecule has 6 rings (SSSR count). The van der Waals surface area contributed by atoms with E-state index in [1.54, 1.807) is 24.7 Å². The number of benzene rings is 1. The van der Waals surface area contributed by atoms with E-state index in [-0.39, 0.29) is 17.2 Å². The number of anilines is 1. The minimum Gasteiger partial charge on any atom is -0.468 e. The zero-order valence-electron chi connectivity index (χ0n) is 17.2. The van der Waals surface area contributed by atoms with Gasteiger partial charge >= 0.3 is 0 Å². The third kappa shape index (κ3) is 3.34. The Bertz CT molecular complexity index is 1200. The van der Waals surface area contributed by atoms with Gasteiger partial charge in [0.2, 0.25) is 5.82 Å². The van der Waals surface area contributed by atoms with Gasteiger partial charge in [-0.25, -0.2) is 0 Å². The molecule has 0 bridgehead atoms. The molecule has 0 spiro atoms. The first-order valence-electron chi connectivity index (χ1n) is 10.6. The summed E-state index contributed by atoms with van der Waals surface area (Å²) in [4.78, 5) is 22.6. The van der Waals surface area contributed by atoms with Crippen LogP contribution in [0.5, 0.6) is 0 Å². The molecular weight excluding hydrogens is 426 g/mol. The van der Waals surface area contributed by atoms with Crippen LogP contribution < -0.4 is 4.90 Å². The highest BCUT2D eigenvalue weighted by Gasteiger charge is 2.45. The Balaban J connectivity index is 1.24. The maximum Gasteiger partial charge on any atom is 0.265 e. The highest BCUT2D eigenvalue weighted by atomic mass is 32.2. The maximum absolute atomic E-state index is 13.4. The molecular formula is C23H21N5O3S. The van der Waals surface area contributed by atoms with E-state index in [0.29, 0.717) is 16.7 Å². The van der Waals surface area contributed by atoms with Gasteiger partial charge in [0.05, 0.1) is 18.6 Å². The van der Waals surface area contributed by atoms with Crippen molar-refractivity contribution in [2.45, 2.75) is 16.4 Å². The molecule has 162 valence electrons. The van der Waals surface area contributed by atoms with E-state index in [1.807, 2.05) is 18.2 Å². The molecule has 0 radical (unpaired) electrons. The third-order valence-electron chi connectivity index (χ3n) is 5.95. The number of rotatable bonds is 5. The van der Waals surface area contributed by atoms with E-state index in [0.717, 1.165) is 31.9 Å². The molecule has 1 fully saturated rings. The summed E-state index contributed by atoms with van der Waals surface area (Å²) in [5, 5.41) is 4.63. The van der Waals surface area contributed by atoms with E-state index in [1.165, 1.54) is 22.1 Å². The molecule has 9 heteroatoms. The molecule has 0 saturated carbocycles. The Labute approximate surface area is 188 Å². The lowest BCUT2D eigenvalue weighted by atomic mass is 10.1. The molecule has 0 N–H and O–H groups in total. The average Bonchev–Trinajstić information content (AvgIpc) is 3.63. The second kappa shape index (κ2) is 7.99. The number of aromatic nitrogens is 3. The standard InChI is InChI=1S/C23H21N5O3S/c29-22-20(32-23-24-21(25-28(22)23)18-9-5-15-31-18)19(17-8-4-14-30-17)27-12-10-26(11-13-27)16-6-2-1-3-7-16/h1-9,14-15,19-20H,10-13H2. The fourth-order valence-corrected chi connectivity index (χ4v) is 5.62. The molecule has 3 aromatic heterocycles. The van der Waals surface area contributed by atoms with E-state index < -0.39 is 0 Å². The molecule has 2 unspecified atom stereocenters. The fourth-order valence-electron chi connectivity index (χ4n) is 4.39. The van der Waals surface area contributed by atoms with Gasteiger partial charge in [-0.1, -0.05) is 30.0 Å². The predicted molar refractivity (Wildman–Crippen MR) is 120 cm³/mol. The van der Waals surface area contributed by atoms with Gasteiger partial charge in [0.25, 0.3) is 5.91 Å². The molecule has 5 heterocycles. The van der Waals surface area contributed by atoms with E-state index in [2.05, 4.69) is 44.1 Å². The summed E-state index contributed by atoms with van der Waals surface area (Å²) >= 11 is 1.44. The molecule has 2 atom stereocenters. The second-order valence-corrected chi connectivity index (χ2v) is 8.91. The lowest BCUT2D eigenvalue weighted by molar-refractivity contribution is 0.0813. The Morgan fingerprint density at radius 2 is 1.72 bits per heavy atom. The normalized spacial score (nSPS) is 19.9. The quantitative estimate of drug-likeness (QED) is 0.457. The number of nitrogens with zero attached hydrogens (tertiary/aromatic N) is 5. The first-order chi connectivity index (χ1) is 15.8. The topological polar surface area (TPSA) is 80.5 Å². The zero-order valence-corrected chi connectivity index (χ0v) is 18.0. The number of carbonyl (C=O) groups is 1. The summed E-state index contributed by atoms with van der Waals surface area (Å²) in [6, 6.07) is 17.6. The van der Waals surface area contributed by atoms with E-state index in [4.69, 9.17) is 8.83 Å². The van der Waals surface area contributed by atoms with Crippen LogP contribution in [0.4, 0.5) is 5.69 Å². The monoisotopic (exact) mass is 447 g/mol. The van der Waals surface area contributed by atoms with Gasteiger partial charge in [0.15, 0.2) is 10.9 Å². The minimum atomic E-state index is -0.370. The number of fused-ring (bicyclic) bond motifs is 1. The van der Waals surface area contributed by atoms with Crippen molar-refractivity contribution in [2.75, 3.05) is 31.1 Å². The summed E-state index contributed by atoms with van der Waals surface area (Å²) in [6.45, 7) is 3.44. The predicted octanol–water partition coefficient (Wildman–Crippen LogP) is 3.81. The van der Waals surface area contributed by atoms with Gasteiger partial charge in [0.1, 0.15) is 11.0 Å². The van der Waals surface area contributed by atoms with E-state index in [9.17, 15) is 4.79 Å². The van der Waals surface area contributed by atoms with Crippen LogP contribution >= 0.6 is 11.8 Å². The minimum absolute atomic E-state index is 0.0813. The van der Waals surface area contributed by atoms with E-state index >= 15 is 0 Å². The number of carbonyl (C=O) groups excluding carboxylic acids is 1. The van der Waals surface area contributed by atoms with Crippen molar-refractivity contribution < 1.29 is 13.6 Å². The highest BCUT2D eigenvalue weighted by molar-refractivity contribution is 8.00. The first kappa shape index (κ1) is 19.4. The van der Waals surface area contributed by atoms with Crippen molar-refractivity contribution in [1.29, 1.82) is 0 Å². The fraction of sp³-hybridized carbons (Fsp3) is 0.261. The van der Waals surface area contributed by atoms with Gasteiger partial charge in [-0.15, -0.1) is 5.10 Å². The van der Waals surface area contributed by atoms with Crippen molar-refractivity contribution in [3.8, 4) is 11.6 Å². The molecule has 32 heavy (non-hydrogen) atoms. The zero-order chi connectivity index (χ0) is 21.5. The Morgan fingerprint density at radius 1 is 0.938 bits per heavy atom. The molecule has 2 aliphatic rings. The highest BCUT2D eigenvalue weighted by Crippen LogP contribution is 2.42. The summed E-state index contributed by atoms with van der Waals surface area (Å²) in [6.07, 6.45) is 3.24. The smallest absolute Gasteiger partial charge is 0.265 e. The van der Waals surface area contributed by atoms with Crippen LogP contribution in [0.15, 0.2) is 81.1 Å². The van der Waals surface area contributed by atoms with Crippen LogP contribution in [-0.4, -0.2) is 57.0 Å². The molecule has 0 amide bonds. The number of furan rings is 2. The van der Waals surface area contributed by atoms with Crippen molar-refractivity contribution in [1.82, 2.24) is 19.7 Å². The third-order valence-corrected chi connectivity index (χ3v) is 7.14. The molecule has 2 aliphatic heterocycles. The van der Waals surface area contributed by atoms with Gasteiger partial charge in [-0.2, -0.15) is 9.67 Å². The largest absolute Gasteiger partial charge is 0.468 e. The van der Waals surface area contributed by atoms with Crippen LogP contribution in [0.1, 0.15) is 16.6 Å². The number of para-hydroxylation sites is 1. The lowest BCUT2D eigenvalue weighted by Crippen LogP contribution is -2.50.